The highest BCUT2D eigenvalue weighted by molar-refractivity contribution is 5.97. The summed E-state index contributed by atoms with van der Waals surface area (Å²) >= 11 is 0. The van der Waals surface area contributed by atoms with Crippen LogP contribution in [0.25, 0.3) is 0 Å². The monoisotopic (exact) mass is 327 g/mol. The molecule has 126 valence electrons. The maximum absolute atomic E-state index is 12.5. The molecule has 0 spiro atoms. The third-order valence-electron chi connectivity index (χ3n) is 3.63. The van der Waals surface area contributed by atoms with E-state index in [1.54, 1.807) is 18.2 Å². The number of carbonyl (C=O) groups excluding carboxylic acids is 1. The number of ether oxygens (including phenoxy) is 3. The molecule has 1 aliphatic rings. The first kappa shape index (κ1) is 16.2. The Hall–Kier alpha value is -2.69. The molecule has 0 fully saturated rings. The van der Waals surface area contributed by atoms with Gasteiger partial charge >= 0.3 is 0 Å². The Kier molecular flexibility index (Phi) is 4.89. The van der Waals surface area contributed by atoms with E-state index in [0.717, 1.165) is 11.3 Å². The Morgan fingerprint density at radius 2 is 2.00 bits per heavy atom. The number of hydrogen-bond acceptors (Lipinski definition) is 4. The van der Waals surface area contributed by atoms with Crippen LogP contribution in [0.3, 0.4) is 0 Å². The highest BCUT2D eigenvalue weighted by Crippen LogP contribution is 2.35. The Morgan fingerprint density at radius 3 is 2.83 bits per heavy atom. The van der Waals surface area contributed by atoms with E-state index in [4.69, 9.17) is 14.2 Å². The fourth-order valence-corrected chi connectivity index (χ4v) is 2.43. The largest absolute Gasteiger partial charge is 0.493 e. The second-order valence-corrected chi connectivity index (χ2v) is 6.03. The van der Waals surface area contributed by atoms with Gasteiger partial charge in [0.05, 0.1) is 12.2 Å². The number of nitrogens with one attached hydrogen (secondary N) is 1. The lowest BCUT2D eigenvalue weighted by molar-refractivity contribution is 0.0946. The number of fused-ring (bicyclic) bond motifs is 1. The summed E-state index contributed by atoms with van der Waals surface area (Å²) in [6.45, 7) is 5.37. The van der Waals surface area contributed by atoms with Gasteiger partial charge in [-0.3, -0.25) is 4.79 Å². The zero-order valence-corrected chi connectivity index (χ0v) is 13.9. The molecule has 0 atom stereocenters. The van der Waals surface area contributed by atoms with Crippen LogP contribution in [0, 0.1) is 5.92 Å². The average Bonchev–Trinajstić information content (AvgIpc) is 3.07. The number of hydrogen-bond donors (Lipinski definition) is 1. The summed E-state index contributed by atoms with van der Waals surface area (Å²) in [6, 6.07) is 13.0. The number of para-hydroxylation sites is 2. The smallest absolute Gasteiger partial charge is 0.255 e. The number of benzene rings is 2. The van der Waals surface area contributed by atoms with Crippen molar-refractivity contribution in [2.24, 2.45) is 5.92 Å². The van der Waals surface area contributed by atoms with Gasteiger partial charge in [-0.1, -0.05) is 38.1 Å². The van der Waals surface area contributed by atoms with Crippen LogP contribution in [0.1, 0.15) is 29.8 Å². The van der Waals surface area contributed by atoms with Gasteiger partial charge in [0.25, 0.3) is 5.91 Å². The first-order valence-electron chi connectivity index (χ1n) is 8.02. The average molecular weight is 327 g/mol. The lowest BCUT2D eigenvalue weighted by atomic mass is 10.1. The molecular weight excluding hydrogens is 306 g/mol. The van der Waals surface area contributed by atoms with Crippen molar-refractivity contribution in [3.05, 3.63) is 53.6 Å². The lowest BCUT2D eigenvalue weighted by Crippen LogP contribution is -2.23. The molecule has 0 radical (unpaired) electrons. The van der Waals surface area contributed by atoms with Crippen molar-refractivity contribution >= 4 is 5.91 Å². The van der Waals surface area contributed by atoms with Crippen LogP contribution in [0.5, 0.6) is 17.2 Å². The molecule has 0 aromatic heterocycles. The van der Waals surface area contributed by atoms with Gasteiger partial charge < -0.3 is 19.5 Å². The summed E-state index contributed by atoms with van der Waals surface area (Å²) in [5.41, 5.74) is 1.42. The molecule has 0 aliphatic carbocycles. The Morgan fingerprint density at radius 1 is 1.17 bits per heavy atom. The first-order chi connectivity index (χ1) is 11.6. The predicted molar refractivity (Wildman–Crippen MR) is 90.5 cm³/mol. The van der Waals surface area contributed by atoms with Crippen molar-refractivity contribution in [2.45, 2.75) is 20.4 Å². The minimum Gasteiger partial charge on any atom is -0.493 e. The first-order valence-corrected chi connectivity index (χ1v) is 8.02. The van der Waals surface area contributed by atoms with Gasteiger partial charge in [0, 0.05) is 12.1 Å². The molecule has 5 nitrogen and oxygen atoms in total. The van der Waals surface area contributed by atoms with Crippen molar-refractivity contribution in [2.75, 3.05) is 13.4 Å². The van der Waals surface area contributed by atoms with Crippen LogP contribution < -0.4 is 19.5 Å². The summed E-state index contributed by atoms with van der Waals surface area (Å²) in [4.78, 5) is 12.5. The van der Waals surface area contributed by atoms with E-state index in [2.05, 4.69) is 19.2 Å². The van der Waals surface area contributed by atoms with Crippen molar-refractivity contribution in [3.63, 3.8) is 0 Å². The van der Waals surface area contributed by atoms with Crippen LogP contribution in [-0.4, -0.2) is 19.3 Å². The van der Waals surface area contributed by atoms with Crippen molar-refractivity contribution in [1.82, 2.24) is 5.32 Å². The lowest BCUT2D eigenvalue weighted by Gasteiger charge is -2.14. The summed E-state index contributed by atoms with van der Waals surface area (Å²) in [6.07, 6.45) is 0. The van der Waals surface area contributed by atoms with Crippen LogP contribution in [0.4, 0.5) is 0 Å². The maximum atomic E-state index is 12.5. The number of carbonyl (C=O) groups is 1. The van der Waals surface area contributed by atoms with Gasteiger partial charge in [-0.05, 0) is 24.1 Å². The van der Waals surface area contributed by atoms with Gasteiger partial charge in [-0.25, -0.2) is 0 Å². The van der Waals surface area contributed by atoms with Crippen LogP contribution >= 0.6 is 0 Å². The molecule has 0 saturated carbocycles. The fourth-order valence-electron chi connectivity index (χ4n) is 2.43. The van der Waals surface area contributed by atoms with Crippen LogP contribution in [-0.2, 0) is 6.54 Å². The van der Waals surface area contributed by atoms with E-state index < -0.39 is 0 Å². The number of amides is 1. The van der Waals surface area contributed by atoms with Crippen LogP contribution in [0.2, 0.25) is 0 Å². The van der Waals surface area contributed by atoms with Crippen molar-refractivity contribution in [1.29, 1.82) is 0 Å². The van der Waals surface area contributed by atoms with E-state index in [0.29, 0.717) is 36.1 Å². The van der Waals surface area contributed by atoms with E-state index in [1.165, 1.54) is 0 Å². The zero-order valence-electron chi connectivity index (χ0n) is 13.9. The minimum atomic E-state index is -0.198. The molecule has 1 aliphatic heterocycles. The standard InChI is InChI=1S/C19H21NO4/c1-13(2)11-22-16-8-4-3-6-14(16)10-20-19(21)15-7-5-9-17-18(15)24-12-23-17/h3-9,13H,10-12H2,1-2H3,(H,20,21). The third kappa shape index (κ3) is 3.62. The van der Waals surface area contributed by atoms with Gasteiger partial charge in [-0.15, -0.1) is 0 Å². The second-order valence-electron chi connectivity index (χ2n) is 6.03. The van der Waals surface area contributed by atoms with Gasteiger partial charge in [0.1, 0.15) is 5.75 Å². The molecule has 0 saturated heterocycles. The van der Waals surface area contributed by atoms with Gasteiger partial charge in [0.2, 0.25) is 6.79 Å². The Balaban J connectivity index is 1.68. The zero-order chi connectivity index (χ0) is 16.9. The van der Waals surface area contributed by atoms with Crippen molar-refractivity contribution < 1.29 is 19.0 Å². The van der Waals surface area contributed by atoms with Gasteiger partial charge in [0.15, 0.2) is 11.5 Å². The van der Waals surface area contributed by atoms with E-state index >= 15 is 0 Å². The van der Waals surface area contributed by atoms with Crippen molar-refractivity contribution in [3.8, 4) is 17.2 Å². The third-order valence-corrected chi connectivity index (χ3v) is 3.63. The molecule has 1 N–H and O–H groups in total. The summed E-state index contributed by atoms with van der Waals surface area (Å²) < 4.78 is 16.5. The van der Waals surface area contributed by atoms with E-state index in [9.17, 15) is 4.79 Å². The van der Waals surface area contributed by atoms with Crippen LogP contribution in [0.15, 0.2) is 42.5 Å². The number of rotatable bonds is 6. The molecular formula is C19H21NO4. The predicted octanol–water partition coefficient (Wildman–Crippen LogP) is 3.38. The highest BCUT2D eigenvalue weighted by atomic mass is 16.7. The van der Waals surface area contributed by atoms with Gasteiger partial charge in [-0.2, -0.15) is 0 Å². The molecule has 24 heavy (non-hydrogen) atoms. The molecule has 3 rings (SSSR count). The molecule has 5 heteroatoms. The van der Waals surface area contributed by atoms with E-state index in [-0.39, 0.29) is 12.7 Å². The molecule has 2 aromatic carbocycles. The maximum Gasteiger partial charge on any atom is 0.255 e. The topological polar surface area (TPSA) is 56.8 Å². The summed E-state index contributed by atoms with van der Waals surface area (Å²) in [7, 11) is 0. The molecule has 1 amide bonds. The molecule has 2 aromatic rings. The summed E-state index contributed by atoms with van der Waals surface area (Å²) in [5, 5.41) is 2.92. The summed E-state index contributed by atoms with van der Waals surface area (Å²) in [5.74, 6) is 2.14. The fraction of sp³-hybridized carbons (Fsp3) is 0.316. The normalized spacial score (nSPS) is 12.3. The Bertz CT molecular complexity index is 727. The molecule has 1 heterocycles. The second kappa shape index (κ2) is 7.25. The molecule has 0 unspecified atom stereocenters. The minimum absolute atomic E-state index is 0.144. The quantitative estimate of drug-likeness (QED) is 0.884. The highest BCUT2D eigenvalue weighted by Gasteiger charge is 2.21. The van der Waals surface area contributed by atoms with E-state index in [1.807, 2.05) is 24.3 Å². The SMILES string of the molecule is CC(C)COc1ccccc1CNC(=O)c1cccc2c1OCO2. The molecule has 0 bridgehead atoms. The Labute approximate surface area is 141 Å².